The summed E-state index contributed by atoms with van der Waals surface area (Å²) in [7, 11) is 0. The van der Waals surface area contributed by atoms with Crippen LogP contribution in [0.3, 0.4) is 0 Å². The number of anilines is 1. The van der Waals surface area contributed by atoms with Crippen LogP contribution < -0.4 is 10.7 Å². The van der Waals surface area contributed by atoms with Crippen LogP contribution in [0.15, 0.2) is 35.9 Å². The molecule has 0 bridgehead atoms. The third kappa shape index (κ3) is 10.7. The van der Waals surface area contributed by atoms with Crippen molar-refractivity contribution < 1.29 is 19.1 Å². The average Bonchev–Trinajstić information content (AvgIpc) is 2.51. The molecule has 0 heterocycles. The summed E-state index contributed by atoms with van der Waals surface area (Å²) >= 11 is 1.61. The standard InChI is InChI=1S/C21H33N3O4S/c1-9-29-15(2)22-17-12-10-11-16(13-17)14-24(19(26)28-21(6,7)8)23-18(25)27-20(3,4)5/h10-13,22H,2,9,14H2,1,3-8H3,(H,23,25). The molecule has 0 saturated carbocycles. The highest BCUT2D eigenvalue weighted by Crippen LogP contribution is 2.20. The number of amides is 2. The van der Waals surface area contributed by atoms with Crippen molar-refractivity contribution in [3.63, 3.8) is 0 Å². The van der Waals surface area contributed by atoms with Gasteiger partial charge in [-0.1, -0.05) is 25.6 Å². The van der Waals surface area contributed by atoms with E-state index in [0.717, 1.165) is 27.0 Å². The van der Waals surface area contributed by atoms with Crippen LogP contribution in [0.25, 0.3) is 0 Å². The molecule has 0 unspecified atom stereocenters. The minimum Gasteiger partial charge on any atom is -0.443 e. The summed E-state index contributed by atoms with van der Waals surface area (Å²) in [6, 6.07) is 7.51. The van der Waals surface area contributed by atoms with Gasteiger partial charge in [0.05, 0.1) is 11.6 Å². The van der Waals surface area contributed by atoms with Crippen LogP contribution in [-0.4, -0.2) is 34.2 Å². The van der Waals surface area contributed by atoms with Gasteiger partial charge in [0, 0.05) is 5.69 Å². The van der Waals surface area contributed by atoms with Gasteiger partial charge in [-0.2, -0.15) is 0 Å². The Labute approximate surface area is 178 Å². The molecule has 0 aliphatic rings. The van der Waals surface area contributed by atoms with Crippen molar-refractivity contribution in [2.75, 3.05) is 11.1 Å². The van der Waals surface area contributed by atoms with Crippen molar-refractivity contribution in [2.24, 2.45) is 0 Å². The van der Waals surface area contributed by atoms with Gasteiger partial charge in [0.25, 0.3) is 0 Å². The Kier molecular flexibility index (Phi) is 8.88. The quantitative estimate of drug-likeness (QED) is 0.588. The lowest BCUT2D eigenvalue weighted by molar-refractivity contribution is -0.000652. The second-order valence-corrected chi connectivity index (χ2v) is 9.72. The van der Waals surface area contributed by atoms with E-state index in [1.807, 2.05) is 24.3 Å². The van der Waals surface area contributed by atoms with E-state index in [-0.39, 0.29) is 6.54 Å². The number of nitrogens with one attached hydrogen (secondary N) is 2. The van der Waals surface area contributed by atoms with E-state index < -0.39 is 23.4 Å². The van der Waals surface area contributed by atoms with Gasteiger partial charge >= 0.3 is 12.2 Å². The van der Waals surface area contributed by atoms with Crippen molar-refractivity contribution in [1.29, 1.82) is 0 Å². The minimum atomic E-state index is -0.731. The number of benzene rings is 1. The second kappa shape index (κ2) is 10.4. The molecule has 0 fully saturated rings. The number of hydrogen-bond donors (Lipinski definition) is 2. The van der Waals surface area contributed by atoms with E-state index in [4.69, 9.17) is 9.47 Å². The average molecular weight is 424 g/mol. The smallest absolute Gasteiger partial charge is 0.429 e. The molecule has 8 heteroatoms. The van der Waals surface area contributed by atoms with Gasteiger partial charge in [0.2, 0.25) is 0 Å². The Balaban J connectivity index is 2.97. The number of ether oxygens (including phenoxy) is 2. The maximum Gasteiger partial charge on any atom is 0.429 e. The zero-order valence-corrected chi connectivity index (χ0v) is 19.2. The number of thioether (sulfide) groups is 1. The van der Waals surface area contributed by atoms with Crippen molar-refractivity contribution >= 4 is 29.6 Å². The van der Waals surface area contributed by atoms with Gasteiger partial charge in [-0.15, -0.1) is 11.8 Å². The minimum absolute atomic E-state index is 0.108. The van der Waals surface area contributed by atoms with Gasteiger partial charge in [0.1, 0.15) is 11.2 Å². The van der Waals surface area contributed by atoms with Gasteiger partial charge < -0.3 is 14.8 Å². The first-order valence-electron chi connectivity index (χ1n) is 9.47. The van der Waals surface area contributed by atoms with Crippen LogP contribution in [-0.2, 0) is 16.0 Å². The molecule has 0 aliphatic heterocycles. The Hall–Kier alpha value is -2.35. The van der Waals surface area contributed by atoms with Crippen LogP contribution in [0.1, 0.15) is 54.0 Å². The number of carbonyl (C=O) groups excluding carboxylic acids is 2. The Morgan fingerprint density at radius 1 is 1.10 bits per heavy atom. The summed E-state index contributed by atoms with van der Waals surface area (Å²) in [6.07, 6.45) is -1.40. The fourth-order valence-corrected chi connectivity index (χ4v) is 2.72. The van der Waals surface area contributed by atoms with Crippen LogP contribution in [0, 0.1) is 0 Å². The van der Waals surface area contributed by atoms with Crippen LogP contribution >= 0.6 is 11.8 Å². The molecule has 0 aliphatic carbocycles. The zero-order valence-electron chi connectivity index (χ0n) is 18.4. The molecule has 162 valence electrons. The Morgan fingerprint density at radius 2 is 1.72 bits per heavy atom. The van der Waals surface area contributed by atoms with Gasteiger partial charge in [-0.05, 0) is 65.0 Å². The highest BCUT2D eigenvalue weighted by Gasteiger charge is 2.26. The molecule has 2 N–H and O–H groups in total. The summed E-state index contributed by atoms with van der Waals surface area (Å²) in [4.78, 5) is 24.8. The number of nitrogens with zero attached hydrogens (tertiary/aromatic N) is 1. The van der Waals surface area contributed by atoms with E-state index in [1.54, 1.807) is 53.3 Å². The van der Waals surface area contributed by atoms with Gasteiger partial charge in [-0.3, -0.25) is 0 Å². The Morgan fingerprint density at radius 3 is 2.28 bits per heavy atom. The first-order valence-corrected chi connectivity index (χ1v) is 10.5. The zero-order chi connectivity index (χ0) is 22.2. The van der Waals surface area contributed by atoms with Gasteiger partial charge in [-0.25, -0.2) is 20.0 Å². The monoisotopic (exact) mass is 423 g/mol. The van der Waals surface area contributed by atoms with Crippen molar-refractivity contribution in [3.8, 4) is 0 Å². The van der Waals surface area contributed by atoms with Gasteiger partial charge in [0.15, 0.2) is 0 Å². The van der Waals surface area contributed by atoms with Crippen LogP contribution in [0.2, 0.25) is 0 Å². The van der Waals surface area contributed by atoms with Crippen LogP contribution in [0.5, 0.6) is 0 Å². The first-order chi connectivity index (χ1) is 13.3. The van der Waals surface area contributed by atoms with E-state index in [2.05, 4.69) is 24.2 Å². The molecular formula is C21H33N3O4S. The molecular weight excluding hydrogens is 390 g/mol. The predicted molar refractivity (Wildman–Crippen MR) is 118 cm³/mol. The summed E-state index contributed by atoms with van der Waals surface area (Å²) in [5, 5.41) is 5.16. The number of hydrogen-bond acceptors (Lipinski definition) is 6. The van der Waals surface area contributed by atoms with E-state index in [0.29, 0.717) is 0 Å². The normalized spacial score (nSPS) is 11.4. The summed E-state index contributed by atoms with van der Waals surface area (Å²) in [6.45, 7) is 16.7. The largest absolute Gasteiger partial charge is 0.443 e. The molecule has 0 spiro atoms. The highest BCUT2D eigenvalue weighted by atomic mass is 32.2. The number of rotatable bonds is 6. The lowest BCUT2D eigenvalue weighted by atomic mass is 10.2. The third-order valence-corrected chi connectivity index (χ3v) is 3.85. The van der Waals surface area contributed by atoms with E-state index in [9.17, 15) is 9.59 Å². The maximum absolute atomic E-state index is 12.6. The third-order valence-electron chi connectivity index (χ3n) is 3.11. The molecule has 1 rings (SSSR count). The lowest BCUT2D eigenvalue weighted by Gasteiger charge is -2.29. The summed E-state index contributed by atoms with van der Waals surface area (Å²) < 4.78 is 10.7. The maximum atomic E-state index is 12.6. The summed E-state index contributed by atoms with van der Waals surface area (Å²) in [5.74, 6) is 0.914. The molecule has 0 aromatic heterocycles. The molecule has 0 saturated heterocycles. The molecule has 2 amide bonds. The predicted octanol–water partition coefficient (Wildman–Crippen LogP) is 5.50. The topological polar surface area (TPSA) is 79.9 Å². The number of carbonyl (C=O) groups is 2. The Bertz CT molecular complexity index is 723. The molecule has 29 heavy (non-hydrogen) atoms. The molecule has 0 radical (unpaired) electrons. The van der Waals surface area contributed by atoms with Crippen molar-refractivity contribution in [2.45, 2.75) is 66.2 Å². The van der Waals surface area contributed by atoms with Crippen molar-refractivity contribution in [1.82, 2.24) is 10.4 Å². The highest BCUT2D eigenvalue weighted by molar-refractivity contribution is 8.03. The fourth-order valence-electron chi connectivity index (χ4n) is 2.18. The number of hydrazine groups is 1. The first kappa shape index (κ1) is 24.7. The van der Waals surface area contributed by atoms with Crippen molar-refractivity contribution in [3.05, 3.63) is 41.4 Å². The SMILES string of the molecule is C=C(Nc1cccc(CN(NC(=O)OC(C)(C)C)C(=O)OC(C)(C)C)c1)SCC. The molecule has 1 aromatic rings. The van der Waals surface area contributed by atoms with E-state index >= 15 is 0 Å². The second-order valence-electron chi connectivity index (χ2n) is 8.36. The van der Waals surface area contributed by atoms with E-state index in [1.165, 1.54) is 0 Å². The molecule has 0 atom stereocenters. The molecule has 1 aromatic carbocycles. The molecule has 7 nitrogen and oxygen atoms in total. The lowest BCUT2D eigenvalue weighted by Crippen LogP contribution is -2.49. The summed E-state index contributed by atoms with van der Waals surface area (Å²) in [5.41, 5.74) is 2.73. The fraction of sp³-hybridized carbons (Fsp3) is 0.524. The van der Waals surface area contributed by atoms with Crippen LogP contribution in [0.4, 0.5) is 15.3 Å².